The van der Waals surface area contributed by atoms with Crippen molar-refractivity contribution in [3.63, 3.8) is 0 Å². The fraction of sp³-hybridized carbons (Fsp3) is 0.333. The van der Waals surface area contributed by atoms with Crippen LogP contribution in [0.4, 0.5) is 4.39 Å². The fourth-order valence-electron chi connectivity index (χ4n) is 1.61. The molecule has 0 bridgehead atoms. The van der Waals surface area contributed by atoms with E-state index in [1.54, 1.807) is 13.0 Å². The van der Waals surface area contributed by atoms with Crippen molar-refractivity contribution in [2.45, 2.75) is 13.5 Å². The summed E-state index contributed by atoms with van der Waals surface area (Å²) in [5.74, 6) is -2.55. The van der Waals surface area contributed by atoms with E-state index >= 15 is 0 Å². The lowest BCUT2D eigenvalue weighted by Gasteiger charge is -2.18. The van der Waals surface area contributed by atoms with Gasteiger partial charge >= 0.3 is 11.9 Å². The predicted molar refractivity (Wildman–Crippen MR) is 61.7 cm³/mol. The Balaban J connectivity index is 2.77. The lowest BCUT2D eigenvalue weighted by molar-refractivity contribution is -0.142. The molecule has 0 saturated carbocycles. The highest BCUT2D eigenvalue weighted by Gasteiger charge is 2.14. The largest absolute Gasteiger partial charge is 0.480 e. The van der Waals surface area contributed by atoms with Crippen LogP contribution in [0.2, 0.25) is 0 Å². The summed E-state index contributed by atoms with van der Waals surface area (Å²) >= 11 is 0. The molecule has 18 heavy (non-hydrogen) atoms. The minimum atomic E-state index is -1.10. The van der Waals surface area contributed by atoms with Gasteiger partial charge in [0, 0.05) is 6.54 Å². The first kappa shape index (κ1) is 14.1. The van der Waals surface area contributed by atoms with Gasteiger partial charge in [0.2, 0.25) is 0 Å². The summed E-state index contributed by atoms with van der Waals surface area (Å²) in [6.07, 6.45) is 0. The number of halogens is 1. The number of aryl methyl sites for hydroxylation is 1. The smallest absolute Gasteiger partial charge is 0.317 e. The van der Waals surface area contributed by atoms with Gasteiger partial charge in [0.1, 0.15) is 5.82 Å². The number of rotatable bonds is 6. The molecule has 1 aromatic rings. The molecular weight excluding hydrogens is 241 g/mol. The number of nitrogens with zero attached hydrogens (tertiary/aromatic N) is 1. The highest BCUT2D eigenvalue weighted by molar-refractivity contribution is 5.72. The van der Waals surface area contributed by atoms with Crippen LogP contribution in [0.15, 0.2) is 18.2 Å². The Labute approximate surface area is 103 Å². The molecule has 0 atom stereocenters. The van der Waals surface area contributed by atoms with E-state index in [0.29, 0.717) is 11.1 Å². The lowest BCUT2D eigenvalue weighted by Crippen LogP contribution is -2.33. The quantitative estimate of drug-likeness (QED) is 0.796. The number of hydrogen-bond donors (Lipinski definition) is 2. The third-order valence-electron chi connectivity index (χ3n) is 2.35. The zero-order valence-electron chi connectivity index (χ0n) is 9.89. The topological polar surface area (TPSA) is 77.8 Å². The monoisotopic (exact) mass is 255 g/mol. The maximum atomic E-state index is 13.1. The molecule has 98 valence electrons. The zero-order chi connectivity index (χ0) is 13.7. The van der Waals surface area contributed by atoms with E-state index in [9.17, 15) is 14.0 Å². The van der Waals surface area contributed by atoms with Gasteiger partial charge in [0.25, 0.3) is 0 Å². The molecule has 2 N–H and O–H groups in total. The van der Waals surface area contributed by atoms with Crippen LogP contribution in [-0.4, -0.2) is 40.1 Å². The first-order chi connectivity index (χ1) is 8.38. The second-order valence-corrected chi connectivity index (χ2v) is 4.02. The molecule has 0 aliphatic rings. The number of benzene rings is 1. The first-order valence-electron chi connectivity index (χ1n) is 5.29. The van der Waals surface area contributed by atoms with E-state index < -0.39 is 11.9 Å². The van der Waals surface area contributed by atoms with E-state index in [-0.39, 0.29) is 25.5 Å². The summed E-state index contributed by atoms with van der Waals surface area (Å²) < 4.78 is 13.1. The molecule has 0 heterocycles. The van der Waals surface area contributed by atoms with E-state index in [2.05, 4.69) is 0 Å². The molecular formula is C12H14FNO4. The first-order valence-corrected chi connectivity index (χ1v) is 5.29. The Morgan fingerprint density at radius 1 is 1.22 bits per heavy atom. The van der Waals surface area contributed by atoms with Crippen LogP contribution < -0.4 is 0 Å². The molecule has 0 spiro atoms. The number of carboxylic acid groups (broad SMARTS) is 2. The second kappa shape index (κ2) is 6.11. The van der Waals surface area contributed by atoms with Crippen molar-refractivity contribution in [1.82, 2.24) is 4.90 Å². The van der Waals surface area contributed by atoms with Crippen LogP contribution in [0, 0.1) is 12.7 Å². The van der Waals surface area contributed by atoms with Gasteiger partial charge in [0.15, 0.2) is 0 Å². The Bertz CT molecular complexity index is 445. The molecule has 0 radical (unpaired) electrons. The maximum Gasteiger partial charge on any atom is 0.317 e. The van der Waals surface area contributed by atoms with Crippen molar-refractivity contribution < 1.29 is 24.2 Å². The molecule has 0 amide bonds. The van der Waals surface area contributed by atoms with Crippen LogP contribution in [0.3, 0.4) is 0 Å². The lowest BCUT2D eigenvalue weighted by atomic mass is 10.1. The summed E-state index contributed by atoms with van der Waals surface area (Å²) in [5, 5.41) is 17.4. The Hall–Kier alpha value is -1.95. The highest BCUT2D eigenvalue weighted by atomic mass is 19.1. The molecule has 1 rings (SSSR count). The highest BCUT2D eigenvalue weighted by Crippen LogP contribution is 2.11. The normalized spacial score (nSPS) is 10.6. The van der Waals surface area contributed by atoms with E-state index in [0.717, 1.165) is 0 Å². The van der Waals surface area contributed by atoms with Gasteiger partial charge in [-0.1, -0.05) is 12.1 Å². The van der Waals surface area contributed by atoms with E-state index in [1.807, 2.05) is 0 Å². The molecule has 0 aliphatic carbocycles. The molecule has 1 aromatic carbocycles. The van der Waals surface area contributed by atoms with Crippen LogP contribution in [-0.2, 0) is 16.1 Å². The molecule has 5 nitrogen and oxygen atoms in total. The van der Waals surface area contributed by atoms with Crippen molar-refractivity contribution in [2.24, 2.45) is 0 Å². The van der Waals surface area contributed by atoms with E-state index in [4.69, 9.17) is 10.2 Å². The molecule has 0 unspecified atom stereocenters. The van der Waals surface area contributed by atoms with Crippen LogP contribution >= 0.6 is 0 Å². The number of aliphatic carboxylic acids is 2. The third kappa shape index (κ3) is 4.50. The van der Waals surface area contributed by atoms with E-state index in [1.165, 1.54) is 17.0 Å². The SMILES string of the molecule is Cc1cc(CN(CC(=O)O)CC(=O)O)ccc1F. The zero-order valence-corrected chi connectivity index (χ0v) is 9.89. The minimum Gasteiger partial charge on any atom is -0.480 e. The average molecular weight is 255 g/mol. The van der Waals surface area contributed by atoms with Crippen LogP contribution in [0.1, 0.15) is 11.1 Å². The summed E-state index contributed by atoms with van der Waals surface area (Å²) in [7, 11) is 0. The summed E-state index contributed by atoms with van der Waals surface area (Å²) in [5.41, 5.74) is 1.12. The summed E-state index contributed by atoms with van der Waals surface area (Å²) in [4.78, 5) is 22.5. The number of carboxylic acids is 2. The number of carbonyl (C=O) groups is 2. The molecule has 0 fully saturated rings. The van der Waals surface area contributed by atoms with Crippen molar-refractivity contribution in [3.05, 3.63) is 35.1 Å². The second-order valence-electron chi connectivity index (χ2n) is 4.02. The molecule has 0 aliphatic heterocycles. The summed E-state index contributed by atoms with van der Waals surface area (Å²) in [6.45, 7) is 1.00. The standard InChI is InChI=1S/C12H14FNO4/c1-8-4-9(2-3-10(8)13)5-14(6-11(15)16)7-12(17)18/h2-4H,5-7H2,1H3,(H,15,16)(H,17,18). The van der Waals surface area contributed by atoms with Crippen LogP contribution in [0.25, 0.3) is 0 Å². The molecule has 0 saturated heterocycles. The average Bonchev–Trinajstić information content (AvgIpc) is 2.21. The Morgan fingerprint density at radius 2 is 1.78 bits per heavy atom. The van der Waals surface area contributed by atoms with Crippen molar-refractivity contribution in [3.8, 4) is 0 Å². The van der Waals surface area contributed by atoms with Gasteiger partial charge in [-0.3, -0.25) is 14.5 Å². The van der Waals surface area contributed by atoms with Gasteiger partial charge in [-0.25, -0.2) is 4.39 Å². The predicted octanol–water partition coefficient (Wildman–Crippen LogP) is 1.11. The van der Waals surface area contributed by atoms with Gasteiger partial charge in [-0.15, -0.1) is 0 Å². The van der Waals surface area contributed by atoms with Crippen molar-refractivity contribution in [1.29, 1.82) is 0 Å². The van der Waals surface area contributed by atoms with Gasteiger partial charge in [0.05, 0.1) is 13.1 Å². The molecule has 6 heteroatoms. The number of hydrogen-bond acceptors (Lipinski definition) is 3. The van der Waals surface area contributed by atoms with Gasteiger partial charge < -0.3 is 10.2 Å². The van der Waals surface area contributed by atoms with Gasteiger partial charge in [-0.05, 0) is 24.1 Å². The fourth-order valence-corrected chi connectivity index (χ4v) is 1.61. The van der Waals surface area contributed by atoms with Crippen molar-refractivity contribution >= 4 is 11.9 Å². The minimum absolute atomic E-state index is 0.153. The maximum absolute atomic E-state index is 13.1. The Kier molecular flexibility index (Phi) is 4.79. The summed E-state index contributed by atoms with van der Waals surface area (Å²) in [6, 6.07) is 4.37. The third-order valence-corrected chi connectivity index (χ3v) is 2.35. The van der Waals surface area contributed by atoms with Gasteiger partial charge in [-0.2, -0.15) is 0 Å². The van der Waals surface area contributed by atoms with Crippen LogP contribution in [0.5, 0.6) is 0 Å². The van der Waals surface area contributed by atoms with Crippen molar-refractivity contribution in [2.75, 3.05) is 13.1 Å². The molecule has 0 aromatic heterocycles. The Morgan fingerprint density at radius 3 is 2.22 bits per heavy atom.